The number of hydrogen-bond acceptors (Lipinski definition) is 2. The molecule has 1 unspecified atom stereocenters. The molecule has 0 aromatic heterocycles. The SMILES string of the molecule is CC(=O)CC1Cc2ccccc2N1Cc1ccccc1. The summed E-state index contributed by atoms with van der Waals surface area (Å²) in [5.74, 6) is 0.265. The highest BCUT2D eigenvalue weighted by Gasteiger charge is 2.29. The molecule has 2 heteroatoms. The molecular formula is C18H19NO. The molecule has 1 heterocycles. The fourth-order valence-electron chi connectivity index (χ4n) is 3.03. The fourth-order valence-corrected chi connectivity index (χ4v) is 3.03. The van der Waals surface area contributed by atoms with E-state index < -0.39 is 0 Å². The van der Waals surface area contributed by atoms with Crippen LogP contribution in [-0.4, -0.2) is 11.8 Å². The summed E-state index contributed by atoms with van der Waals surface area (Å²) in [5.41, 5.74) is 3.93. The van der Waals surface area contributed by atoms with Crippen molar-refractivity contribution in [3.05, 3.63) is 65.7 Å². The van der Waals surface area contributed by atoms with Gasteiger partial charge in [-0.1, -0.05) is 48.5 Å². The molecule has 0 N–H and O–H groups in total. The van der Waals surface area contributed by atoms with E-state index in [0.29, 0.717) is 12.5 Å². The van der Waals surface area contributed by atoms with Crippen LogP contribution in [0.1, 0.15) is 24.5 Å². The summed E-state index contributed by atoms with van der Waals surface area (Å²) in [5, 5.41) is 0. The van der Waals surface area contributed by atoms with E-state index in [9.17, 15) is 4.79 Å². The highest BCUT2D eigenvalue weighted by Crippen LogP contribution is 2.34. The van der Waals surface area contributed by atoms with Crippen molar-refractivity contribution in [2.75, 3.05) is 4.90 Å². The van der Waals surface area contributed by atoms with Gasteiger partial charge in [0.2, 0.25) is 0 Å². The van der Waals surface area contributed by atoms with Crippen molar-refractivity contribution in [1.29, 1.82) is 0 Å². The standard InChI is InChI=1S/C18H19NO/c1-14(20)11-17-12-16-9-5-6-10-18(16)19(17)13-15-7-3-2-4-8-15/h2-10,17H,11-13H2,1H3. The van der Waals surface area contributed by atoms with Crippen molar-refractivity contribution >= 4 is 11.5 Å². The summed E-state index contributed by atoms with van der Waals surface area (Å²) >= 11 is 0. The van der Waals surface area contributed by atoms with Gasteiger partial charge in [0.15, 0.2) is 0 Å². The van der Waals surface area contributed by atoms with Gasteiger partial charge in [-0.2, -0.15) is 0 Å². The van der Waals surface area contributed by atoms with Gasteiger partial charge in [-0.3, -0.25) is 4.79 Å². The minimum absolute atomic E-state index is 0.265. The van der Waals surface area contributed by atoms with Gasteiger partial charge in [-0.25, -0.2) is 0 Å². The largest absolute Gasteiger partial charge is 0.363 e. The average Bonchev–Trinajstić information content (AvgIpc) is 2.77. The van der Waals surface area contributed by atoms with Crippen molar-refractivity contribution in [2.45, 2.75) is 32.4 Å². The molecule has 2 aromatic carbocycles. The number of nitrogens with zero attached hydrogens (tertiary/aromatic N) is 1. The van der Waals surface area contributed by atoms with Gasteiger partial charge in [0.25, 0.3) is 0 Å². The van der Waals surface area contributed by atoms with Crippen LogP contribution < -0.4 is 4.90 Å². The zero-order valence-corrected chi connectivity index (χ0v) is 11.8. The first kappa shape index (κ1) is 12.9. The molecule has 1 aliphatic rings. The van der Waals surface area contributed by atoms with Crippen LogP contribution in [-0.2, 0) is 17.8 Å². The third-order valence-corrected chi connectivity index (χ3v) is 3.92. The molecule has 0 radical (unpaired) electrons. The van der Waals surface area contributed by atoms with Crippen molar-refractivity contribution < 1.29 is 4.79 Å². The zero-order chi connectivity index (χ0) is 13.9. The third kappa shape index (κ3) is 2.60. The van der Waals surface area contributed by atoms with Gasteiger partial charge in [0.05, 0.1) is 0 Å². The van der Waals surface area contributed by atoms with Crippen LogP contribution in [0.4, 0.5) is 5.69 Å². The molecule has 0 spiro atoms. The maximum Gasteiger partial charge on any atom is 0.131 e. The number of Topliss-reactive ketones (excluding diaryl/α,β-unsaturated/α-hetero) is 1. The van der Waals surface area contributed by atoms with Gasteiger partial charge in [-0.15, -0.1) is 0 Å². The second-order valence-electron chi connectivity index (χ2n) is 5.51. The maximum absolute atomic E-state index is 11.5. The number of para-hydroxylation sites is 1. The zero-order valence-electron chi connectivity index (χ0n) is 11.8. The van der Waals surface area contributed by atoms with Crippen LogP contribution in [0.2, 0.25) is 0 Å². The Hall–Kier alpha value is -2.09. The minimum atomic E-state index is 0.265. The van der Waals surface area contributed by atoms with Gasteiger partial charge < -0.3 is 4.90 Å². The summed E-state index contributed by atoms with van der Waals surface area (Å²) < 4.78 is 0. The molecule has 0 fully saturated rings. The lowest BCUT2D eigenvalue weighted by molar-refractivity contribution is -0.117. The smallest absolute Gasteiger partial charge is 0.131 e. The number of carbonyl (C=O) groups excluding carboxylic acids is 1. The minimum Gasteiger partial charge on any atom is -0.363 e. The Morgan fingerprint density at radius 1 is 1.10 bits per heavy atom. The number of benzene rings is 2. The van der Waals surface area contributed by atoms with Crippen LogP contribution in [0.15, 0.2) is 54.6 Å². The Morgan fingerprint density at radius 3 is 2.55 bits per heavy atom. The molecule has 102 valence electrons. The fraction of sp³-hybridized carbons (Fsp3) is 0.278. The molecule has 0 amide bonds. The normalized spacial score (nSPS) is 17.1. The first-order valence-corrected chi connectivity index (χ1v) is 7.12. The van der Waals surface area contributed by atoms with E-state index in [4.69, 9.17) is 0 Å². The monoisotopic (exact) mass is 265 g/mol. The van der Waals surface area contributed by atoms with E-state index >= 15 is 0 Å². The molecule has 0 saturated heterocycles. The number of fused-ring (bicyclic) bond motifs is 1. The highest BCUT2D eigenvalue weighted by atomic mass is 16.1. The number of carbonyl (C=O) groups is 1. The Bertz CT molecular complexity index is 606. The molecule has 0 aliphatic carbocycles. The van der Waals surface area contributed by atoms with Gasteiger partial charge in [0.1, 0.15) is 5.78 Å². The summed E-state index contributed by atoms with van der Waals surface area (Å²) in [6, 6.07) is 19.2. The molecule has 1 atom stereocenters. The van der Waals surface area contributed by atoms with Crippen LogP contribution >= 0.6 is 0 Å². The Balaban J connectivity index is 1.89. The van der Waals surface area contributed by atoms with Crippen LogP contribution in [0, 0.1) is 0 Å². The second kappa shape index (κ2) is 5.49. The quantitative estimate of drug-likeness (QED) is 0.842. The molecule has 1 aliphatic heterocycles. The number of hydrogen-bond donors (Lipinski definition) is 0. The summed E-state index contributed by atoms with van der Waals surface area (Å²) in [6.45, 7) is 2.56. The Kier molecular flexibility index (Phi) is 3.55. The molecule has 0 saturated carbocycles. The molecule has 20 heavy (non-hydrogen) atoms. The van der Waals surface area contributed by atoms with Crippen LogP contribution in [0.25, 0.3) is 0 Å². The van der Waals surface area contributed by atoms with Crippen molar-refractivity contribution in [3.63, 3.8) is 0 Å². The number of rotatable bonds is 4. The first-order valence-electron chi connectivity index (χ1n) is 7.12. The predicted octanol–water partition coefficient (Wildman–Crippen LogP) is 3.60. The lowest BCUT2D eigenvalue weighted by atomic mass is 10.1. The second-order valence-corrected chi connectivity index (χ2v) is 5.51. The topological polar surface area (TPSA) is 20.3 Å². The lowest BCUT2D eigenvalue weighted by Gasteiger charge is -2.27. The summed E-state index contributed by atoms with van der Waals surface area (Å²) in [7, 11) is 0. The van der Waals surface area contributed by atoms with E-state index in [1.54, 1.807) is 6.92 Å². The van der Waals surface area contributed by atoms with Gasteiger partial charge in [0, 0.05) is 24.7 Å². The Morgan fingerprint density at radius 2 is 1.80 bits per heavy atom. The molecule has 2 aromatic rings. The van der Waals surface area contributed by atoms with Crippen LogP contribution in [0.3, 0.4) is 0 Å². The lowest BCUT2D eigenvalue weighted by Crippen LogP contribution is -2.33. The summed E-state index contributed by atoms with van der Waals surface area (Å²) in [6.07, 6.45) is 1.60. The Labute approximate surface area is 120 Å². The van der Waals surface area contributed by atoms with E-state index in [1.807, 2.05) is 6.07 Å². The van der Waals surface area contributed by atoms with Gasteiger partial charge in [-0.05, 0) is 30.5 Å². The predicted molar refractivity (Wildman–Crippen MR) is 81.9 cm³/mol. The average molecular weight is 265 g/mol. The van der Waals surface area contributed by atoms with Crippen LogP contribution in [0.5, 0.6) is 0 Å². The van der Waals surface area contributed by atoms with E-state index in [1.165, 1.54) is 16.8 Å². The first-order chi connectivity index (χ1) is 9.74. The van der Waals surface area contributed by atoms with Crippen molar-refractivity contribution in [2.24, 2.45) is 0 Å². The van der Waals surface area contributed by atoms with E-state index in [-0.39, 0.29) is 5.78 Å². The molecule has 0 bridgehead atoms. The number of anilines is 1. The van der Waals surface area contributed by atoms with E-state index in [2.05, 4.69) is 53.4 Å². The van der Waals surface area contributed by atoms with E-state index in [0.717, 1.165) is 13.0 Å². The van der Waals surface area contributed by atoms with Crippen molar-refractivity contribution in [3.8, 4) is 0 Å². The third-order valence-electron chi connectivity index (χ3n) is 3.92. The number of ketones is 1. The van der Waals surface area contributed by atoms with Crippen molar-refractivity contribution in [1.82, 2.24) is 0 Å². The van der Waals surface area contributed by atoms with Gasteiger partial charge >= 0.3 is 0 Å². The molecule has 2 nitrogen and oxygen atoms in total. The highest BCUT2D eigenvalue weighted by molar-refractivity contribution is 5.77. The molecular weight excluding hydrogens is 246 g/mol. The molecule has 3 rings (SSSR count). The maximum atomic E-state index is 11.5. The summed E-state index contributed by atoms with van der Waals surface area (Å²) in [4.78, 5) is 13.9.